The molecule has 2 rings (SSSR count). The number of nitrogens with zero attached hydrogens (tertiary/aromatic N) is 3. The zero-order valence-electron chi connectivity index (χ0n) is 12.5. The van der Waals surface area contributed by atoms with E-state index < -0.39 is 11.2 Å². The van der Waals surface area contributed by atoms with Gasteiger partial charge in [0.05, 0.1) is 0 Å². The molecular weight excluding hydrogens is 274 g/mol. The van der Waals surface area contributed by atoms with Crippen molar-refractivity contribution in [1.29, 1.82) is 0 Å². The predicted octanol–water partition coefficient (Wildman–Crippen LogP) is -0.126. The summed E-state index contributed by atoms with van der Waals surface area (Å²) in [5, 5.41) is 11.9. The summed E-state index contributed by atoms with van der Waals surface area (Å²) in [6.07, 6.45) is 0.582. The van der Waals surface area contributed by atoms with Crippen LogP contribution in [0.2, 0.25) is 0 Å². The maximum Gasteiger partial charge on any atom is 0.330 e. The number of H-pyrrole nitrogens is 1. The highest BCUT2D eigenvalue weighted by molar-refractivity contribution is 5.74. The number of nitrogens with one attached hydrogen (secondary N) is 2. The molecule has 2 heterocycles. The average molecular weight is 295 g/mol. The number of aliphatic hydroxyl groups is 1. The molecule has 0 atom stereocenters. The van der Waals surface area contributed by atoms with E-state index in [-0.39, 0.29) is 12.5 Å². The molecule has 0 aliphatic rings. The van der Waals surface area contributed by atoms with E-state index in [2.05, 4.69) is 15.3 Å². The highest BCUT2D eigenvalue weighted by Crippen LogP contribution is 2.14. The fraction of sp³-hybridized carbons (Fsp3) is 0.615. The van der Waals surface area contributed by atoms with Gasteiger partial charge in [-0.3, -0.25) is 14.3 Å². The van der Waals surface area contributed by atoms with E-state index in [1.165, 1.54) is 4.57 Å². The Morgan fingerprint density at radius 1 is 1.38 bits per heavy atom. The van der Waals surface area contributed by atoms with Crippen LogP contribution in [0.15, 0.2) is 9.59 Å². The first-order valence-electron chi connectivity index (χ1n) is 7.00. The summed E-state index contributed by atoms with van der Waals surface area (Å²) in [6, 6.07) is 0. The van der Waals surface area contributed by atoms with Crippen LogP contribution in [0.25, 0.3) is 11.2 Å². The van der Waals surface area contributed by atoms with Gasteiger partial charge < -0.3 is 15.0 Å². The van der Waals surface area contributed by atoms with Gasteiger partial charge in [-0.15, -0.1) is 0 Å². The molecule has 0 amide bonds. The Morgan fingerprint density at radius 3 is 2.71 bits per heavy atom. The van der Waals surface area contributed by atoms with Crippen LogP contribution in [0.1, 0.15) is 20.3 Å². The van der Waals surface area contributed by atoms with Gasteiger partial charge in [-0.25, -0.2) is 4.79 Å². The number of aliphatic hydroxyl groups excluding tert-OH is 1. The van der Waals surface area contributed by atoms with Gasteiger partial charge in [0.1, 0.15) is 0 Å². The van der Waals surface area contributed by atoms with Gasteiger partial charge in [0, 0.05) is 26.7 Å². The van der Waals surface area contributed by atoms with Crippen molar-refractivity contribution in [2.75, 3.05) is 18.5 Å². The molecule has 116 valence electrons. The van der Waals surface area contributed by atoms with E-state index in [4.69, 9.17) is 5.11 Å². The minimum Gasteiger partial charge on any atom is -0.396 e. The third-order valence-electron chi connectivity index (χ3n) is 3.18. The van der Waals surface area contributed by atoms with E-state index in [0.717, 1.165) is 0 Å². The van der Waals surface area contributed by atoms with E-state index in [9.17, 15) is 9.59 Å². The molecule has 3 N–H and O–H groups in total. The van der Waals surface area contributed by atoms with Crippen LogP contribution in [0.3, 0.4) is 0 Å². The molecule has 0 saturated heterocycles. The Labute approximate surface area is 121 Å². The Bertz CT molecular complexity index is 741. The number of aromatic nitrogens is 4. The van der Waals surface area contributed by atoms with Crippen molar-refractivity contribution in [1.82, 2.24) is 19.1 Å². The second kappa shape index (κ2) is 6.13. The summed E-state index contributed by atoms with van der Waals surface area (Å²) in [5.74, 6) is 0.761. The zero-order chi connectivity index (χ0) is 15.6. The number of hydrogen-bond acceptors (Lipinski definition) is 5. The summed E-state index contributed by atoms with van der Waals surface area (Å²) in [5.41, 5.74) is -0.144. The molecule has 0 saturated carbocycles. The topological polar surface area (TPSA) is 105 Å². The molecule has 0 spiro atoms. The highest BCUT2D eigenvalue weighted by atomic mass is 16.3. The normalized spacial score (nSPS) is 11.5. The standard InChI is InChI=1S/C13H21N5O3/c1-8(2)7-18-10-9(11(20)16-13(18)21)17(3)12(15-10)14-5-4-6-19/h8,19H,4-7H2,1-3H3,(H,14,15)(H,16,20,21). The monoisotopic (exact) mass is 295 g/mol. The number of aromatic amines is 1. The second-order valence-corrected chi connectivity index (χ2v) is 5.43. The first kappa shape index (κ1) is 15.3. The van der Waals surface area contributed by atoms with Crippen LogP contribution >= 0.6 is 0 Å². The SMILES string of the molecule is CC(C)Cn1c(=O)[nH]c(=O)c2c1nc(NCCCO)n2C. The van der Waals surface area contributed by atoms with Gasteiger partial charge in [0.2, 0.25) is 5.95 Å². The number of rotatable bonds is 6. The second-order valence-electron chi connectivity index (χ2n) is 5.43. The lowest BCUT2D eigenvalue weighted by molar-refractivity contribution is 0.292. The molecule has 2 aromatic heterocycles. The van der Waals surface area contributed by atoms with Gasteiger partial charge in [-0.2, -0.15) is 4.98 Å². The molecule has 0 aromatic carbocycles. The minimum absolute atomic E-state index is 0.0790. The van der Waals surface area contributed by atoms with Crippen molar-refractivity contribution >= 4 is 17.1 Å². The third-order valence-corrected chi connectivity index (χ3v) is 3.18. The molecule has 0 fully saturated rings. The molecule has 0 unspecified atom stereocenters. The van der Waals surface area contributed by atoms with Crippen LogP contribution in [-0.4, -0.2) is 37.4 Å². The fourth-order valence-electron chi connectivity index (χ4n) is 2.22. The summed E-state index contributed by atoms with van der Waals surface area (Å²) in [7, 11) is 1.72. The first-order chi connectivity index (χ1) is 9.95. The van der Waals surface area contributed by atoms with E-state index >= 15 is 0 Å². The maximum absolute atomic E-state index is 12.0. The molecule has 8 nitrogen and oxygen atoms in total. The van der Waals surface area contributed by atoms with Gasteiger partial charge in [-0.05, 0) is 12.3 Å². The van der Waals surface area contributed by atoms with Gasteiger partial charge >= 0.3 is 5.69 Å². The molecule has 0 radical (unpaired) electrons. The smallest absolute Gasteiger partial charge is 0.330 e. The average Bonchev–Trinajstić information content (AvgIpc) is 2.72. The summed E-state index contributed by atoms with van der Waals surface area (Å²) >= 11 is 0. The lowest BCUT2D eigenvalue weighted by Crippen LogP contribution is -2.32. The predicted molar refractivity (Wildman–Crippen MR) is 80.6 cm³/mol. The number of anilines is 1. The molecule has 0 bridgehead atoms. The summed E-state index contributed by atoms with van der Waals surface area (Å²) < 4.78 is 3.11. The van der Waals surface area contributed by atoms with E-state index in [0.29, 0.717) is 36.6 Å². The van der Waals surface area contributed by atoms with Crippen LogP contribution in [0, 0.1) is 5.92 Å². The van der Waals surface area contributed by atoms with E-state index in [1.807, 2.05) is 13.8 Å². The molecule has 0 aliphatic carbocycles. The van der Waals surface area contributed by atoms with Crippen molar-refractivity contribution in [2.45, 2.75) is 26.8 Å². The minimum atomic E-state index is -0.444. The number of fused-ring (bicyclic) bond motifs is 1. The molecule has 0 aliphatic heterocycles. The van der Waals surface area contributed by atoms with Crippen LogP contribution < -0.4 is 16.6 Å². The summed E-state index contributed by atoms with van der Waals surface area (Å²) in [6.45, 7) is 5.09. The lowest BCUT2D eigenvalue weighted by Gasteiger charge is -2.08. The quantitative estimate of drug-likeness (QED) is 0.644. The molecule has 8 heteroatoms. The van der Waals surface area contributed by atoms with Gasteiger partial charge in [0.15, 0.2) is 11.2 Å². The van der Waals surface area contributed by atoms with Crippen molar-refractivity contribution < 1.29 is 5.11 Å². The number of hydrogen-bond donors (Lipinski definition) is 3. The third kappa shape index (κ3) is 2.99. The fourth-order valence-corrected chi connectivity index (χ4v) is 2.22. The van der Waals surface area contributed by atoms with Crippen molar-refractivity contribution in [3.63, 3.8) is 0 Å². The maximum atomic E-state index is 12.0. The Kier molecular flexibility index (Phi) is 4.46. The van der Waals surface area contributed by atoms with Crippen molar-refractivity contribution in [2.24, 2.45) is 13.0 Å². The molecule has 21 heavy (non-hydrogen) atoms. The Morgan fingerprint density at radius 2 is 2.10 bits per heavy atom. The van der Waals surface area contributed by atoms with Gasteiger partial charge in [-0.1, -0.05) is 13.8 Å². The van der Waals surface area contributed by atoms with Crippen molar-refractivity contribution in [3.8, 4) is 0 Å². The number of imidazole rings is 1. The Balaban J connectivity index is 2.57. The van der Waals surface area contributed by atoms with Gasteiger partial charge in [0.25, 0.3) is 5.56 Å². The van der Waals surface area contributed by atoms with Crippen molar-refractivity contribution in [3.05, 3.63) is 20.8 Å². The zero-order valence-corrected chi connectivity index (χ0v) is 12.5. The summed E-state index contributed by atoms with van der Waals surface area (Å²) in [4.78, 5) is 30.7. The highest BCUT2D eigenvalue weighted by Gasteiger charge is 2.16. The molecule has 2 aromatic rings. The van der Waals surface area contributed by atoms with E-state index in [1.54, 1.807) is 11.6 Å². The Hall–Kier alpha value is -2.09. The number of aryl methyl sites for hydroxylation is 1. The largest absolute Gasteiger partial charge is 0.396 e. The molecular formula is C13H21N5O3. The van der Waals surface area contributed by atoms with Crippen LogP contribution in [-0.2, 0) is 13.6 Å². The lowest BCUT2D eigenvalue weighted by atomic mass is 10.2. The van der Waals surface area contributed by atoms with Crippen LogP contribution in [0.4, 0.5) is 5.95 Å². The first-order valence-corrected chi connectivity index (χ1v) is 7.00. The van der Waals surface area contributed by atoms with Crippen LogP contribution in [0.5, 0.6) is 0 Å².